The number of carbonyl (C=O) groups excluding carboxylic acids is 1. The third-order valence-electron chi connectivity index (χ3n) is 3.15. The molecule has 0 aliphatic carbocycles. The van der Waals surface area contributed by atoms with Crippen molar-refractivity contribution in [2.45, 2.75) is 0 Å². The molecule has 0 unspecified atom stereocenters. The van der Waals surface area contributed by atoms with Crippen molar-refractivity contribution in [2.24, 2.45) is 0 Å². The van der Waals surface area contributed by atoms with Crippen LogP contribution in [0.4, 0.5) is 0 Å². The lowest BCUT2D eigenvalue weighted by Gasteiger charge is -1.99. The van der Waals surface area contributed by atoms with Crippen LogP contribution >= 0.6 is 0 Å². The van der Waals surface area contributed by atoms with Crippen molar-refractivity contribution in [3.63, 3.8) is 0 Å². The van der Waals surface area contributed by atoms with E-state index in [-0.39, 0.29) is 0 Å². The second kappa shape index (κ2) is 4.94. The SMILES string of the molecule is O=C/C(=C/c1ccccc1)c1c[nH]c2ccccc12. The predicted molar refractivity (Wildman–Crippen MR) is 78.7 cm³/mol. The van der Waals surface area contributed by atoms with Gasteiger partial charge in [0.05, 0.1) is 0 Å². The van der Waals surface area contributed by atoms with Crippen LogP contribution in [0.3, 0.4) is 0 Å². The molecule has 0 radical (unpaired) electrons. The Morgan fingerprint density at radius 3 is 2.47 bits per heavy atom. The number of rotatable bonds is 3. The minimum Gasteiger partial charge on any atom is -0.361 e. The highest BCUT2D eigenvalue weighted by Crippen LogP contribution is 2.25. The minimum atomic E-state index is 0.684. The zero-order valence-corrected chi connectivity index (χ0v) is 10.3. The molecule has 3 aromatic rings. The summed E-state index contributed by atoms with van der Waals surface area (Å²) >= 11 is 0. The maximum Gasteiger partial charge on any atom is 0.150 e. The normalized spacial score (nSPS) is 11.7. The maximum atomic E-state index is 11.4. The molecule has 2 nitrogen and oxygen atoms in total. The number of fused-ring (bicyclic) bond motifs is 1. The van der Waals surface area contributed by atoms with Gasteiger partial charge in [0.25, 0.3) is 0 Å². The van der Waals surface area contributed by atoms with Gasteiger partial charge in [0, 0.05) is 28.2 Å². The zero-order chi connectivity index (χ0) is 13.1. The van der Waals surface area contributed by atoms with Crippen molar-refractivity contribution in [3.05, 3.63) is 71.9 Å². The fourth-order valence-corrected chi connectivity index (χ4v) is 2.21. The first kappa shape index (κ1) is 11.5. The first-order chi connectivity index (χ1) is 9.38. The molecule has 0 atom stereocenters. The van der Waals surface area contributed by atoms with Gasteiger partial charge >= 0.3 is 0 Å². The monoisotopic (exact) mass is 247 g/mol. The molecule has 0 saturated carbocycles. The molecule has 0 fully saturated rings. The van der Waals surface area contributed by atoms with Crippen molar-refractivity contribution in [3.8, 4) is 0 Å². The lowest BCUT2D eigenvalue weighted by Crippen LogP contribution is -1.84. The Labute approximate surface area is 111 Å². The smallest absolute Gasteiger partial charge is 0.150 e. The maximum absolute atomic E-state index is 11.4. The van der Waals surface area contributed by atoms with Gasteiger partial charge in [-0.15, -0.1) is 0 Å². The highest BCUT2D eigenvalue weighted by Gasteiger charge is 2.07. The molecule has 0 aliphatic rings. The Kier molecular flexibility index (Phi) is 2.99. The van der Waals surface area contributed by atoms with E-state index in [0.717, 1.165) is 28.3 Å². The van der Waals surface area contributed by atoms with Gasteiger partial charge in [0.15, 0.2) is 6.29 Å². The van der Waals surface area contributed by atoms with E-state index in [1.807, 2.05) is 66.9 Å². The van der Waals surface area contributed by atoms with Crippen molar-refractivity contribution in [1.29, 1.82) is 0 Å². The average Bonchev–Trinajstić information content (AvgIpc) is 2.90. The first-order valence-electron chi connectivity index (χ1n) is 6.17. The molecule has 0 bridgehead atoms. The van der Waals surface area contributed by atoms with Crippen LogP contribution in [0.25, 0.3) is 22.6 Å². The molecule has 0 aliphatic heterocycles. The summed E-state index contributed by atoms with van der Waals surface area (Å²) in [5.41, 5.74) is 3.69. The Bertz CT molecular complexity index is 738. The molecule has 2 heteroatoms. The van der Waals surface area contributed by atoms with Gasteiger partial charge in [-0.2, -0.15) is 0 Å². The molecule has 0 spiro atoms. The van der Waals surface area contributed by atoms with Crippen LogP contribution in [0, 0.1) is 0 Å². The fourth-order valence-electron chi connectivity index (χ4n) is 2.21. The van der Waals surface area contributed by atoms with E-state index in [9.17, 15) is 4.79 Å². The summed E-state index contributed by atoms with van der Waals surface area (Å²) < 4.78 is 0. The van der Waals surface area contributed by atoms with Crippen LogP contribution in [0.15, 0.2) is 60.8 Å². The Morgan fingerprint density at radius 2 is 1.68 bits per heavy atom. The lowest BCUT2D eigenvalue weighted by atomic mass is 10.0. The summed E-state index contributed by atoms with van der Waals surface area (Å²) in [6.45, 7) is 0. The van der Waals surface area contributed by atoms with E-state index >= 15 is 0 Å². The molecule has 0 saturated heterocycles. The predicted octanol–water partition coefficient (Wildman–Crippen LogP) is 3.91. The number of nitrogens with one attached hydrogen (secondary N) is 1. The molecular weight excluding hydrogens is 234 g/mol. The molecule has 3 rings (SSSR count). The summed E-state index contributed by atoms with van der Waals surface area (Å²) in [7, 11) is 0. The van der Waals surface area contributed by atoms with Crippen LogP contribution in [0.5, 0.6) is 0 Å². The third-order valence-corrected chi connectivity index (χ3v) is 3.15. The Morgan fingerprint density at radius 1 is 0.947 bits per heavy atom. The van der Waals surface area contributed by atoms with Crippen LogP contribution in [0.2, 0.25) is 0 Å². The van der Waals surface area contributed by atoms with Crippen molar-refractivity contribution in [2.75, 3.05) is 0 Å². The Hall–Kier alpha value is -2.61. The van der Waals surface area contributed by atoms with Crippen LogP contribution in [-0.2, 0) is 4.79 Å². The number of para-hydroxylation sites is 1. The quantitative estimate of drug-likeness (QED) is 0.552. The minimum absolute atomic E-state index is 0.684. The van der Waals surface area contributed by atoms with Crippen molar-refractivity contribution < 1.29 is 4.79 Å². The highest BCUT2D eigenvalue weighted by molar-refractivity contribution is 6.17. The number of aldehydes is 1. The molecule has 92 valence electrons. The van der Waals surface area contributed by atoms with Crippen molar-refractivity contribution >= 4 is 28.8 Å². The molecule has 0 amide bonds. The molecule has 2 aromatic carbocycles. The number of allylic oxidation sites excluding steroid dienone is 1. The van der Waals surface area contributed by atoms with Gasteiger partial charge in [-0.3, -0.25) is 4.79 Å². The van der Waals surface area contributed by atoms with Gasteiger partial charge in [0.1, 0.15) is 0 Å². The second-order valence-electron chi connectivity index (χ2n) is 4.38. The van der Waals surface area contributed by atoms with E-state index in [1.165, 1.54) is 0 Å². The number of carbonyl (C=O) groups is 1. The summed E-state index contributed by atoms with van der Waals surface area (Å²) in [4.78, 5) is 14.6. The molecule has 1 heterocycles. The van der Waals surface area contributed by atoms with Gasteiger partial charge in [-0.1, -0.05) is 48.5 Å². The van der Waals surface area contributed by atoms with E-state index in [4.69, 9.17) is 0 Å². The highest BCUT2D eigenvalue weighted by atomic mass is 16.1. The lowest BCUT2D eigenvalue weighted by molar-refractivity contribution is -0.103. The van der Waals surface area contributed by atoms with Crippen LogP contribution in [0.1, 0.15) is 11.1 Å². The Balaban J connectivity index is 2.13. The number of aromatic nitrogens is 1. The van der Waals surface area contributed by atoms with Gasteiger partial charge in [-0.25, -0.2) is 0 Å². The number of hydrogen-bond acceptors (Lipinski definition) is 1. The van der Waals surface area contributed by atoms with E-state index in [1.54, 1.807) is 0 Å². The third kappa shape index (κ3) is 2.20. The number of aromatic amines is 1. The zero-order valence-electron chi connectivity index (χ0n) is 10.3. The molecule has 19 heavy (non-hydrogen) atoms. The van der Waals surface area contributed by atoms with Gasteiger partial charge in [-0.05, 0) is 17.7 Å². The standard InChI is InChI=1S/C17H13NO/c19-12-14(10-13-6-2-1-3-7-13)16-11-18-17-9-5-4-8-15(16)17/h1-12,18H/b14-10-. The van der Waals surface area contributed by atoms with Gasteiger partial charge in [0.2, 0.25) is 0 Å². The summed E-state index contributed by atoms with van der Waals surface area (Å²) in [6, 6.07) is 17.8. The fraction of sp³-hybridized carbons (Fsp3) is 0. The van der Waals surface area contributed by atoms with Crippen LogP contribution < -0.4 is 0 Å². The van der Waals surface area contributed by atoms with E-state index in [2.05, 4.69) is 4.98 Å². The number of hydrogen-bond donors (Lipinski definition) is 1. The second-order valence-corrected chi connectivity index (χ2v) is 4.38. The van der Waals surface area contributed by atoms with E-state index in [0.29, 0.717) is 5.57 Å². The number of H-pyrrole nitrogens is 1. The van der Waals surface area contributed by atoms with Crippen LogP contribution in [-0.4, -0.2) is 11.3 Å². The summed E-state index contributed by atoms with van der Waals surface area (Å²) in [6.07, 6.45) is 4.69. The average molecular weight is 247 g/mol. The van der Waals surface area contributed by atoms with E-state index < -0.39 is 0 Å². The topological polar surface area (TPSA) is 32.9 Å². The summed E-state index contributed by atoms with van der Waals surface area (Å²) in [5, 5.41) is 1.07. The largest absolute Gasteiger partial charge is 0.361 e. The summed E-state index contributed by atoms with van der Waals surface area (Å²) in [5.74, 6) is 0. The first-order valence-corrected chi connectivity index (χ1v) is 6.17. The number of benzene rings is 2. The van der Waals surface area contributed by atoms with Gasteiger partial charge < -0.3 is 4.98 Å². The molecule has 1 N–H and O–H groups in total. The molecular formula is C17H13NO. The van der Waals surface area contributed by atoms with Crippen molar-refractivity contribution in [1.82, 2.24) is 4.98 Å². The molecule has 1 aromatic heterocycles.